The van der Waals surface area contributed by atoms with Gasteiger partial charge in [0.2, 0.25) is 17.7 Å². The highest BCUT2D eigenvalue weighted by atomic mass is 32.1. The Hall–Kier alpha value is -13.2. The number of thiophene rings is 5. The number of aliphatic carboxylic acids is 3. The van der Waals surface area contributed by atoms with Crippen molar-refractivity contribution in [3.8, 4) is 11.5 Å². The van der Waals surface area contributed by atoms with Crippen LogP contribution in [0.5, 0.6) is 11.5 Å². The van der Waals surface area contributed by atoms with Gasteiger partial charge in [-0.15, -0.1) is 56.7 Å². The molecule has 5 unspecified atom stereocenters. The topological polar surface area (TPSA) is 477 Å². The summed E-state index contributed by atoms with van der Waals surface area (Å²) < 4.78 is 4.77. The predicted octanol–water partition coefficient (Wildman–Crippen LogP) is 16.0. The summed E-state index contributed by atoms with van der Waals surface area (Å²) in [6.45, 7) is 12.4. The van der Waals surface area contributed by atoms with Crippen molar-refractivity contribution >= 4 is 195 Å². The van der Waals surface area contributed by atoms with Gasteiger partial charge in [-0.25, -0.2) is 0 Å². The van der Waals surface area contributed by atoms with Crippen LogP contribution in [0.1, 0.15) is 202 Å². The van der Waals surface area contributed by atoms with E-state index in [4.69, 9.17) is 26.8 Å². The van der Waals surface area contributed by atoms with Gasteiger partial charge < -0.3 is 68.9 Å². The van der Waals surface area contributed by atoms with Crippen LogP contribution in [0.4, 0.5) is 0 Å². The van der Waals surface area contributed by atoms with Gasteiger partial charge in [0.25, 0.3) is 17.7 Å². The number of Topliss-reactive ketones (excluding diaryl/α,β-unsaturated/α-hetero) is 5. The van der Waals surface area contributed by atoms with Gasteiger partial charge in [-0.1, -0.05) is 157 Å². The molecule has 6 amide bonds. The van der Waals surface area contributed by atoms with E-state index in [1.165, 1.54) is 68.8 Å². The smallest absolute Gasteiger partial charge is 0.303 e. The minimum Gasteiger partial charge on any atom is -0.508 e. The Labute approximate surface area is 788 Å². The largest absolute Gasteiger partial charge is 0.508 e. The fraction of sp³-hybridized carbons (Fsp3) is 0.330. The molecule has 0 bridgehead atoms. The molecule has 15 N–H and O–H groups in total. The molecule has 5 aromatic heterocycles. The average molecular weight is 1900 g/mol. The number of carbonyl (C=O) groups is 14. The van der Waals surface area contributed by atoms with Crippen molar-refractivity contribution in [2.45, 2.75) is 173 Å². The number of aliphatic imine (C=N–C) groups is 1. The van der Waals surface area contributed by atoms with Crippen LogP contribution in [0.25, 0.3) is 50.4 Å². The Morgan fingerprint density at radius 2 is 0.767 bits per heavy atom. The zero-order valence-corrected chi connectivity index (χ0v) is 78.6. The first kappa shape index (κ1) is 102. The van der Waals surface area contributed by atoms with Gasteiger partial charge in [0, 0.05) is 100 Å². The number of nitrogens with two attached hydrogens (primary N) is 2. The fourth-order valence-electron chi connectivity index (χ4n) is 14.7. The van der Waals surface area contributed by atoms with E-state index in [1.807, 2.05) is 181 Å². The molecule has 28 nitrogen and oxygen atoms in total. The predicted molar refractivity (Wildman–Crippen MR) is 522 cm³/mol. The minimum absolute atomic E-state index is 0.0351. The first-order chi connectivity index (χ1) is 63.3. The Kier molecular flexibility index (Phi) is 37.0. The third kappa shape index (κ3) is 31.0. The van der Waals surface area contributed by atoms with Crippen molar-refractivity contribution in [2.75, 3.05) is 26.2 Å². The maximum atomic E-state index is 13.8. The zero-order chi connectivity index (χ0) is 96.2. The van der Waals surface area contributed by atoms with E-state index in [2.05, 4.69) is 36.9 Å². The van der Waals surface area contributed by atoms with Gasteiger partial charge in [-0.05, 0) is 178 Å². The molecule has 33 heteroatoms. The lowest BCUT2D eigenvalue weighted by Crippen LogP contribution is -2.50. The van der Waals surface area contributed by atoms with E-state index in [9.17, 15) is 77.3 Å². The number of hydrogen-bond acceptors (Lipinski definition) is 22. The van der Waals surface area contributed by atoms with Crippen molar-refractivity contribution in [1.82, 2.24) is 31.9 Å². The van der Waals surface area contributed by atoms with E-state index in [0.717, 1.165) is 67.1 Å². The summed E-state index contributed by atoms with van der Waals surface area (Å²) in [5.41, 5.74) is 13.4. The summed E-state index contributed by atoms with van der Waals surface area (Å²) in [5.74, 6) is -8.68. The molecule has 0 fully saturated rings. The number of carbonyl (C=O) groups excluding carboxylic acids is 11. The van der Waals surface area contributed by atoms with Crippen molar-refractivity contribution < 1.29 is 92.7 Å². The van der Waals surface area contributed by atoms with Crippen LogP contribution in [-0.2, 0) is 66.8 Å². The number of aromatic hydroxyl groups is 2. The third-order valence-corrected chi connectivity index (χ3v) is 27.5. The molecule has 12 aromatic rings. The number of guanidine groups is 1. The summed E-state index contributed by atoms with van der Waals surface area (Å²) in [5, 5.41) is 69.1. The van der Waals surface area contributed by atoms with Crippen molar-refractivity contribution in [1.29, 1.82) is 0 Å². The number of nitrogens with zero attached hydrogens (tertiary/aromatic N) is 1. The number of rotatable bonds is 44. The van der Waals surface area contributed by atoms with Crippen molar-refractivity contribution in [3.05, 3.63) is 235 Å². The van der Waals surface area contributed by atoms with E-state index < -0.39 is 83.6 Å². The van der Waals surface area contributed by atoms with E-state index >= 15 is 0 Å². The first-order valence-corrected chi connectivity index (χ1v) is 47.6. The molecule has 7 aromatic carbocycles. The molecule has 0 saturated heterocycles. The number of nitrogens with one attached hydrogen (secondary N) is 6. The summed E-state index contributed by atoms with van der Waals surface area (Å²) in [6.07, 6.45) is 0.802. The van der Waals surface area contributed by atoms with Crippen molar-refractivity contribution in [2.24, 2.45) is 28.3 Å². The zero-order valence-electron chi connectivity index (χ0n) is 74.5. The lowest BCUT2D eigenvalue weighted by atomic mass is 9.78. The Morgan fingerprint density at radius 1 is 0.383 bits per heavy atom. The molecule has 0 aliphatic rings. The normalized spacial score (nSPS) is 12.5. The van der Waals surface area contributed by atoms with Crippen LogP contribution in [-0.4, -0.2) is 158 Å². The summed E-state index contributed by atoms with van der Waals surface area (Å²) in [6, 6.07) is 53.9. The quantitative estimate of drug-likeness (QED) is 0.00730. The van der Waals surface area contributed by atoms with Crippen LogP contribution in [0.2, 0.25) is 0 Å². The van der Waals surface area contributed by atoms with E-state index in [1.54, 1.807) is 36.4 Å². The second-order valence-electron chi connectivity index (χ2n) is 34.2. The van der Waals surface area contributed by atoms with Gasteiger partial charge >= 0.3 is 17.9 Å². The van der Waals surface area contributed by atoms with E-state index in [-0.39, 0.29) is 141 Å². The van der Waals surface area contributed by atoms with Crippen LogP contribution >= 0.6 is 56.7 Å². The number of carboxylic acids is 3. The SMILES string of the molecule is CC(C)(C)c1cc(CCC(=O)NC(CNC(=O)c2cc3ccccc3s2)C(=O)CCC(=O)O)cc(C(C)(C)C)c1O.NC(N)=NCCCC(CC(=O)c1cc2ccccc2s1)C(=O)NCCCCC(NC(=O)c1cc2ccccc2s1)C(=O)CCC(=O)O.O=C(O)CCC(=O)C(CNC(=O)c1cc2ccccc2s1)NC(=O)C(CC(=O)c1cc2ccccc2s1)Cc1ccc(O)cc1. The lowest BCUT2D eigenvalue weighted by molar-refractivity contribution is -0.139. The van der Waals surface area contributed by atoms with Gasteiger partial charge in [-0.3, -0.25) is 72.1 Å². The molecule has 133 heavy (non-hydrogen) atoms. The van der Waals surface area contributed by atoms with Crippen LogP contribution in [0, 0.1) is 11.8 Å². The van der Waals surface area contributed by atoms with Crippen LogP contribution < -0.4 is 43.4 Å². The molecule has 0 aliphatic heterocycles. The Bertz CT molecular complexity index is 6060. The Balaban J connectivity index is 0.000000207. The van der Waals surface area contributed by atoms with E-state index in [0.29, 0.717) is 75.1 Å². The number of phenols is 2. The number of aryl methyl sites for hydroxylation is 1. The third-order valence-electron chi connectivity index (χ3n) is 21.8. The number of ketones is 5. The summed E-state index contributed by atoms with van der Waals surface area (Å²) in [4.78, 5) is 184. The molecule has 0 saturated carbocycles. The van der Waals surface area contributed by atoms with Crippen molar-refractivity contribution in [3.63, 3.8) is 0 Å². The molecular formula is C100H109N9O19S5. The molecule has 5 heterocycles. The average Bonchev–Trinajstić information content (AvgIpc) is 1.77. The maximum absolute atomic E-state index is 13.8. The molecule has 0 radical (unpaired) electrons. The fourth-order valence-corrected chi connectivity index (χ4v) is 19.6. The highest BCUT2D eigenvalue weighted by molar-refractivity contribution is 7.22. The maximum Gasteiger partial charge on any atom is 0.303 e. The molecule has 0 aliphatic carbocycles. The number of benzene rings is 7. The molecule has 698 valence electrons. The highest BCUT2D eigenvalue weighted by Crippen LogP contribution is 2.41. The monoisotopic (exact) mass is 1900 g/mol. The first-order valence-electron chi connectivity index (χ1n) is 43.5. The number of carboxylic acid groups (broad SMARTS) is 3. The van der Waals surface area contributed by atoms with Gasteiger partial charge in [0.1, 0.15) is 23.6 Å². The summed E-state index contributed by atoms with van der Waals surface area (Å²) in [7, 11) is 0. The molecule has 5 atom stereocenters. The minimum atomic E-state index is -1.21. The number of phenolic OH excluding ortho intramolecular Hbond substituents is 2. The van der Waals surface area contributed by atoms with Gasteiger partial charge in [-0.2, -0.15) is 0 Å². The second kappa shape index (κ2) is 48.3. The number of unbranched alkanes of at least 4 members (excludes halogenated alkanes) is 1. The molecular weight excluding hydrogens is 1790 g/mol. The standard InChI is InChI=1S/C34H39N5O6S2.C34H30N2O7S2.C32H40N2O6S/c35-34(36)38-17-7-10-23(18-26(41)29-19-21-8-1-3-12-27(21)46-29)32(44)37-16-6-5-11-24(25(40)14-15-31(42)43)39-33(45)30-20-22-9-2-4-13-28(22)47-30;37-24-11-9-20(10-12-24)15-23(16-27(39)30-17-21-5-1-3-7-28(21)44-30)33(42)36-25(26(38)13-14-32(40)41)19-35-34(43)31-18-22-6-2-4-8-29(22)45-31;1-31(2,3)21-15-19(16-22(29(21)39)32(4,5)6)11-13-27(36)34-23(24(35)12-14-28(37)38)18-33-30(40)26-17-20-9-7-8-10-25(20)41-26/h1-4,8-9,12-13,19-20,23-24H,5-7,10-11,14-18H2,(H,37,44)(H,39,45)(H,42,43)(H4,35,36,38);1-12,17-18,23,25,37H,13-16,19H2,(H,35,43)(H,36,42)(H,40,41);7-10,15-17,23,39H,11-14,18H2,1-6H3,(H,33,40)(H,34,36)(H,37,38). The number of hydrogen-bond donors (Lipinski definition) is 13. The van der Waals surface area contributed by atoms with Gasteiger partial charge in [0.15, 0.2) is 34.9 Å². The number of amides is 6. The van der Waals surface area contributed by atoms with Crippen LogP contribution in [0.3, 0.4) is 0 Å². The molecule has 0 spiro atoms. The molecule has 12 rings (SSSR count). The lowest BCUT2D eigenvalue weighted by Gasteiger charge is -2.28. The number of fused-ring (bicyclic) bond motifs is 5. The Morgan fingerprint density at radius 3 is 1.17 bits per heavy atom. The van der Waals surface area contributed by atoms with Gasteiger partial charge in [0.05, 0.1) is 49.7 Å². The summed E-state index contributed by atoms with van der Waals surface area (Å²) >= 11 is 6.67. The highest BCUT2D eigenvalue weighted by Gasteiger charge is 2.33. The van der Waals surface area contributed by atoms with Crippen LogP contribution in [0.15, 0.2) is 193 Å². The second-order valence-corrected chi connectivity index (χ2v) is 39.7.